The molecule has 3 rings (SSSR count). The molecule has 0 saturated heterocycles. The van der Waals surface area contributed by atoms with Crippen molar-refractivity contribution in [3.63, 3.8) is 0 Å². The average Bonchev–Trinajstić information content (AvgIpc) is 2.47. The molecule has 1 N–H and O–H groups in total. The van der Waals surface area contributed by atoms with E-state index in [1.165, 1.54) is 18.2 Å². The third-order valence-electron chi connectivity index (χ3n) is 3.20. The number of rotatable bonds is 2. The number of ether oxygens (including phenoxy) is 1. The first kappa shape index (κ1) is 13.5. The molecule has 106 valence electrons. The lowest BCUT2D eigenvalue weighted by molar-refractivity contribution is 0.414. The van der Waals surface area contributed by atoms with Crippen molar-refractivity contribution in [1.82, 2.24) is 9.55 Å². The molecule has 1 heterocycles. The fourth-order valence-corrected chi connectivity index (χ4v) is 2.50. The predicted octanol–water partition coefficient (Wildman–Crippen LogP) is 3.20. The molecule has 0 spiro atoms. The number of fused-ring (bicyclic) bond motifs is 1. The van der Waals surface area contributed by atoms with Gasteiger partial charge in [-0.2, -0.15) is 0 Å². The third kappa shape index (κ3) is 2.34. The molecule has 0 bridgehead atoms. The summed E-state index contributed by atoms with van der Waals surface area (Å²) in [5.74, 6) is 0.273. The van der Waals surface area contributed by atoms with Gasteiger partial charge in [-0.15, -0.1) is 0 Å². The monoisotopic (exact) mass is 302 g/mol. The summed E-state index contributed by atoms with van der Waals surface area (Å²) in [6.45, 7) is 0. The molecule has 0 aliphatic carbocycles. The van der Waals surface area contributed by atoms with E-state index in [2.05, 4.69) is 4.98 Å². The van der Waals surface area contributed by atoms with E-state index in [1.807, 2.05) is 0 Å². The van der Waals surface area contributed by atoms with E-state index in [9.17, 15) is 9.18 Å². The highest BCUT2D eigenvalue weighted by Gasteiger charge is 2.08. The first-order valence-corrected chi connectivity index (χ1v) is 6.60. The summed E-state index contributed by atoms with van der Waals surface area (Å²) in [6.07, 6.45) is 0. The van der Waals surface area contributed by atoms with E-state index >= 15 is 0 Å². The number of nitrogens with zero attached hydrogens (tertiary/aromatic N) is 1. The van der Waals surface area contributed by atoms with Crippen molar-refractivity contribution in [3.05, 3.63) is 63.4 Å². The van der Waals surface area contributed by atoms with E-state index in [0.29, 0.717) is 22.3 Å². The second kappa shape index (κ2) is 5.14. The average molecular weight is 302 g/mol. The van der Waals surface area contributed by atoms with Gasteiger partial charge in [0, 0.05) is 5.69 Å². The first-order valence-electron chi connectivity index (χ1n) is 6.19. The number of aromatic amines is 1. The van der Waals surface area contributed by atoms with Crippen LogP contribution in [0.4, 0.5) is 4.39 Å². The lowest BCUT2D eigenvalue weighted by Crippen LogP contribution is -2.13. The standard InChI is InChI=1S/C15H11FN2O2S/c1-20-11-5-3-10(4-6-11)18-13-8-9(16)2-7-12(13)14(19)17-15(18)21/h2-8H,1H3,(H,17,19,21). The Morgan fingerprint density at radius 2 is 1.90 bits per heavy atom. The van der Waals surface area contributed by atoms with Crippen molar-refractivity contribution in [1.29, 1.82) is 0 Å². The largest absolute Gasteiger partial charge is 0.497 e. The number of nitrogens with one attached hydrogen (secondary N) is 1. The Balaban J connectivity index is 2.37. The quantitative estimate of drug-likeness (QED) is 0.740. The molecule has 1 aromatic heterocycles. The van der Waals surface area contributed by atoms with Crippen LogP contribution in [0.25, 0.3) is 16.6 Å². The van der Waals surface area contributed by atoms with Crippen molar-refractivity contribution in [2.24, 2.45) is 0 Å². The second-order valence-electron chi connectivity index (χ2n) is 4.45. The fourth-order valence-electron chi connectivity index (χ4n) is 2.20. The van der Waals surface area contributed by atoms with Gasteiger partial charge in [0.1, 0.15) is 11.6 Å². The SMILES string of the molecule is COc1ccc(-n2c(=S)[nH]c(=O)c3ccc(F)cc32)cc1. The minimum absolute atomic E-state index is 0.211. The lowest BCUT2D eigenvalue weighted by Gasteiger charge is -2.11. The van der Waals surface area contributed by atoms with Crippen LogP contribution < -0.4 is 10.3 Å². The topological polar surface area (TPSA) is 47.0 Å². The van der Waals surface area contributed by atoms with Crippen LogP contribution in [0, 0.1) is 10.6 Å². The molecular weight excluding hydrogens is 291 g/mol. The van der Waals surface area contributed by atoms with E-state index < -0.39 is 5.82 Å². The van der Waals surface area contributed by atoms with Crippen LogP contribution in [0.15, 0.2) is 47.3 Å². The Kier molecular flexibility index (Phi) is 3.31. The van der Waals surface area contributed by atoms with E-state index in [1.54, 1.807) is 35.9 Å². The number of aromatic nitrogens is 2. The summed E-state index contributed by atoms with van der Waals surface area (Å²) >= 11 is 5.21. The molecule has 3 aromatic rings. The third-order valence-corrected chi connectivity index (χ3v) is 3.48. The van der Waals surface area contributed by atoms with Crippen molar-refractivity contribution in [2.45, 2.75) is 0 Å². The molecule has 21 heavy (non-hydrogen) atoms. The zero-order valence-electron chi connectivity index (χ0n) is 11.1. The molecule has 0 fully saturated rings. The van der Waals surface area contributed by atoms with Crippen LogP contribution in [0.3, 0.4) is 0 Å². The lowest BCUT2D eigenvalue weighted by atomic mass is 10.2. The Morgan fingerprint density at radius 3 is 2.57 bits per heavy atom. The Hall–Kier alpha value is -2.47. The zero-order valence-corrected chi connectivity index (χ0v) is 11.9. The van der Waals surface area contributed by atoms with E-state index in [0.717, 1.165) is 0 Å². The molecule has 0 radical (unpaired) electrons. The molecule has 0 aliphatic heterocycles. The molecule has 0 saturated carbocycles. The Bertz CT molecular complexity index is 929. The van der Waals surface area contributed by atoms with Crippen molar-refractivity contribution >= 4 is 23.1 Å². The van der Waals surface area contributed by atoms with Gasteiger partial charge in [0.25, 0.3) is 5.56 Å². The van der Waals surface area contributed by atoms with Gasteiger partial charge in [-0.1, -0.05) is 0 Å². The van der Waals surface area contributed by atoms with Crippen LogP contribution in [0.1, 0.15) is 0 Å². The number of halogens is 1. The normalized spacial score (nSPS) is 10.8. The van der Waals surface area contributed by atoms with Gasteiger partial charge >= 0.3 is 0 Å². The van der Waals surface area contributed by atoms with Crippen molar-refractivity contribution < 1.29 is 9.13 Å². The smallest absolute Gasteiger partial charge is 0.259 e. The Labute approximate surface area is 124 Å². The maximum Gasteiger partial charge on any atom is 0.259 e. The van der Waals surface area contributed by atoms with Crippen LogP contribution in [0.5, 0.6) is 5.75 Å². The summed E-state index contributed by atoms with van der Waals surface area (Å²) < 4.78 is 20.5. The molecule has 0 amide bonds. The van der Waals surface area contributed by atoms with Crippen LogP contribution in [0.2, 0.25) is 0 Å². The molecule has 0 aliphatic rings. The van der Waals surface area contributed by atoms with Gasteiger partial charge < -0.3 is 4.74 Å². The van der Waals surface area contributed by atoms with Crippen molar-refractivity contribution in [3.8, 4) is 11.4 Å². The van der Waals surface area contributed by atoms with Gasteiger partial charge in [0.2, 0.25) is 0 Å². The fraction of sp³-hybridized carbons (Fsp3) is 0.0667. The van der Waals surface area contributed by atoms with E-state index in [-0.39, 0.29) is 10.3 Å². The van der Waals surface area contributed by atoms with Gasteiger partial charge in [0.15, 0.2) is 4.77 Å². The summed E-state index contributed by atoms with van der Waals surface area (Å²) in [5, 5.41) is 0.376. The minimum Gasteiger partial charge on any atom is -0.497 e. The number of benzene rings is 2. The summed E-state index contributed by atoms with van der Waals surface area (Å²) in [5.41, 5.74) is 0.807. The van der Waals surface area contributed by atoms with Gasteiger partial charge in [-0.3, -0.25) is 14.3 Å². The maximum atomic E-state index is 13.5. The number of hydrogen-bond donors (Lipinski definition) is 1. The van der Waals surface area contributed by atoms with Crippen LogP contribution in [-0.4, -0.2) is 16.7 Å². The number of H-pyrrole nitrogens is 1. The minimum atomic E-state index is -0.426. The zero-order chi connectivity index (χ0) is 15.0. The molecule has 4 nitrogen and oxygen atoms in total. The van der Waals surface area contributed by atoms with Crippen LogP contribution >= 0.6 is 12.2 Å². The van der Waals surface area contributed by atoms with Gasteiger partial charge in [-0.05, 0) is 54.7 Å². The second-order valence-corrected chi connectivity index (χ2v) is 4.84. The first-order chi connectivity index (χ1) is 10.1. The van der Waals surface area contributed by atoms with Crippen molar-refractivity contribution in [2.75, 3.05) is 7.11 Å². The maximum absolute atomic E-state index is 13.5. The van der Waals surface area contributed by atoms with Gasteiger partial charge in [0.05, 0.1) is 18.0 Å². The molecule has 2 aromatic carbocycles. The molecule has 6 heteroatoms. The van der Waals surface area contributed by atoms with Gasteiger partial charge in [-0.25, -0.2) is 4.39 Å². The summed E-state index contributed by atoms with van der Waals surface area (Å²) in [7, 11) is 1.57. The Morgan fingerprint density at radius 1 is 1.19 bits per heavy atom. The summed E-state index contributed by atoms with van der Waals surface area (Å²) in [6, 6.07) is 11.1. The van der Waals surface area contributed by atoms with E-state index in [4.69, 9.17) is 17.0 Å². The van der Waals surface area contributed by atoms with Crippen LogP contribution in [-0.2, 0) is 0 Å². The predicted molar refractivity (Wildman–Crippen MR) is 81.2 cm³/mol. The molecule has 0 atom stereocenters. The summed E-state index contributed by atoms with van der Waals surface area (Å²) in [4.78, 5) is 14.5. The molecular formula is C15H11FN2O2S. The highest BCUT2D eigenvalue weighted by Crippen LogP contribution is 2.20. The highest BCUT2D eigenvalue weighted by molar-refractivity contribution is 7.71. The number of hydrogen-bond acceptors (Lipinski definition) is 3. The highest BCUT2D eigenvalue weighted by atomic mass is 32.1. The molecule has 0 unspecified atom stereocenters. The number of methoxy groups -OCH3 is 1.